The van der Waals surface area contributed by atoms with Crippen LogP contribution in [0.2, 0.25) is 5.02 Å². The topological polar surface area (TPSA) is 70.7 Å². The number of amides is 1. The third-order valence-corrected chi connectivity index (χ3v) is 3.44. The monoisotopic (exact) mass is 328 g/mol. The number of nitrogens with one attached hydrogen (secondary N) is 1. The Hall–Kier alpha value is -2.58. The predicted molar refractivity (Wildman–Crippen MR) is 90.1 cm³/mol. The highest BCUT2D eigenvalue weighted by Crippen LogP contribution is 2.14. The second kappa shape index (κ2) is 8.16. The van der Waals surface area contributed by atoms with Crippen LogP contribution in [0.15, 0.2) is 42.2 Å². The molecule has 0 spiro atoms. The highest BCUT2D eigenvalue weighted by molar-refractivity contribution is 6.30. The second-order valence-corrected chi connectivity index (χ2v) is 5.41. The summed E-state index contributed by atoms with van der Waals surface area (Å²) < 4.78 is 1.66. The molecular formula is C17H17ClN4O. The minimum absolute atomic E-state index is 0.0664. The zero-order chi connectivity index (χ0) is 16.7. The molecule has 0 aliphatic heterocycles. The van der Waals surface area contributed by atoms with Crippen molar-refractivity contribution in [2.24, 2.45) is 0 Å². The van der Waals surface area contributed by atoms with Gasteiger partial charge in [-0.1, -0.05) is 24.9 Å². The number of benzene rings is 1. The van der Waals surface area contributed by atoms with E-state index in [-0.39, 0.29) is 11.5 Å². The minimum atomic E-state index is -0.361. The zero-order valence-corrected chi connectivity index (χ0v) is 13.5. The van der Waals surface area contributed by atoms with Crippen molar-refractivity contribution in [3.05, 3.63) is 52.8 Å². The van der Waals surface area contributed by atoms with E-state index in [0.29, 0.717) is 17.1 Å². The third-order valence-electron chi connectivity index (χ3n) is 3.19. The molecule has 0 bridgehead atoms. The largest absolute Gasteiger partial charge is 0.351 e. The third kappa shape index (κ3) is 4.70. The number of carbonyl (C=O) groups excluding carboxylic acids is 1. The first kappa shape index (κ1) is 16.8. The quantitative estimate of drug-likeness (QED) is 0.502. The molecule has 0 fully saturated rings. The molecule has 118 valence electrons. The molecule has 1 aromatic carbocycles. The van der Waals surface area contributed by atoms with Crippen LogP contribution in [-0.4, -0.2) is 22.2 Å². The maximum atomic E-state index is 11.9. The molecule has 0 aliphatic carbocycles. The molecule has 1 heterocycles. The van der Waals surface area contributed by atoms with Gasteiger partial charge in [0.2, 0.25) is 0 Å². The first-order valence-corrected chi connectivity index (χ1v) is 7.72. The normalized spacial score (nSPS) is 11.1. The van der Waals surface area contributed by atoms with Gasteiger partial charge in [-0.15, -0.1) is 0 Å². The lowest BCUT2D eigenvalue weighted by Crippen LogP contribution is -2.25. The fraction of sp³-hybridized carbons (Fsp3) is 0.235. The van der Waals surface area contributed by atoms with Crippen molar-refractivity contribution in [3.8, 4) is 11.8 Å². The summed E-state index contributed by atoms with van der Waals surface area (Å²) >= 11 is 5.86. The number of unbranched alkanes of at least 4 members (excludes halogenated alkanes) is 1. The Morgan fingerprint density at radius 3 is 2.83 bits per heavy atom. The van der Waals surface area contributed by atoms with Gasteiger partial charge in [-0.2, -0.15) is 10.4 Å². The lowest BCUT2D eigenvalue weighted by atomic mass is 10.2. The van der Waals surface area contributed by atoms with E-state index in [1.54, 1.807) is 29.2 Å². The van der Waals surface area contributed by atoms with Crippen LogP contribution >= 0.6 is 11.6 Å². The van der Waals surface area contributed by atoms with Crippen molar-refractivity contribution in [1.82, 2.24) is 15.1 Å². The van der Waals surface area contributed by atoms with Crippen molar-refractivity contribution in [1.29, 1.82) is 5.26 Å². The van der Waals surface area contributed by atoms with E-state index in [9.17, 15) is 4.79 Å². The smallest absolute Gasteiger partial charge is 0.261 e. The van der Waals surface area contributed by atoms with Crippen molar-refractivity contribution >= 4 is 23.6 Å². The summed E-state index contributed by atoms with van der Waals surface area (Å²) in [4.78, 5) is 11.9. The Morgan fingerprint density at radius 1 is 1.43 bits per heavy atom. The Kier molecular flexibility index (Phi) is 5.95. The molecule has 1 N–H and O–H groups in total. The van der Waals surface area contributed by atoms with Gasteiger partial charge in [0.1, 0.15) is 11.6 Å². The van der Waals surface area contributed by atoms with Crippen LogP contribution in [0.4, 0.5) is 0 Å². The number of hydrogen-bond donors (Lipinski definition) is 1. The Balaban J connectivity index is 2.13. The lowest BCUT2D eigenvalue weighted by molar-refractivity contribution is -0.117. The van der Waals surface area contributed by atoms with Crippen molar-refractivity contribution < 1.29 is 4.79 Å². The SMILES string of the molecule is CCCCNC(=O)/C(C#N)=C/c1cnn(-c2ccc(Cl)cc2)c1. The molecule has 0 atom stereocenters. The van der Waals surface area contributed by atoms with Crippen LogP contribution in [0, 0.1) is 11.3 Å². The maximum absolute atomic E-state index is 11.9. The van der Waals surface area contributed by atoms with Crippen LogP contribution in [0.5, 0.6) is 0 Å². The van der Waals surface area contributed by atoms with Gasteiger partial charge in [-0.3, -0.25) is 4.79 Å². The summed E-state index contributed by atoms with van der Waals surface area (Å²) in [6, 6.07) is 9.15. The van der Waals surface area contributed by atoms with Crippen LogP contribution in [0.1, 0.15) is 25.3 Å². The molecule has 2 rings (SSSR count). The highest BCUT2D eigenvalue weighted by Gasteiger charge is 2.09. The van der Waals surface area contributed by atoms with Gasteiger partial charge in [0.25, 0.3) is 5.91 Å². The number of carbonyl (C=O) groups is 1. The maximum Gasteiger partial charge on any atom is 0.261 e. The number of nitriles is 1. The second-order valence-electron chi connectivity index (χ2n) is 4.97. The highest BCUT2D eigenvalue weighted by atomic mass is 35.5. The van der Waals surface area contributed by atoms with Gasteiger partial charge in [-0.05, 0) is 36.8 Å². The van der Waals surface area contributed by atoms with Crippen molar-refractivity contribution in [2.75, 3.05) is 6.54 Å². The average molecular weight is 329 g/mol. The molecule has 2 aromatic rings. The molecule has 23 heavy (non-hydrogen) atoms. The molecule has 5 nitrogen and oxygen atoms in total. The summed E-state index contributed by atoms with van der Waals surface area (Å²) in [5, 5.41) is 16.8. The van der Waals surface area contributed by atoms with Gasteiger partial charge < -0.3 is 5.32 Å². The molecule has 0 unspecified atom stereocenters. The Morgan fingerprint density at radius 2 is 2.17 bits per heavy atom. The van der Waals surface area contributed by atoms with Gasteiger partial charge in [0.05, 0.1) is 11.9 Å². The minimum Gasteiger partial charge on any atom is -0.351 e. The summed E-state index contributed by atoms with van der Waals surface area (Å²) in [6.45, 7) is 2.61. The van der Waals surface area contributed by atoms with Gasteiger partial charge in [-0.25, -0.2) is 4.68 Å². The van der Waals surface area contributed by atoms with E-state index in [2.05, 4.69) is 10.4 Å². The zero-order valence-electron chi connectivity index (χ0n) is 12.8. The van der Waals surface area contributed by atoms with E-state index in [1.165, 1.54) is 6.08 Å². The number of hydrogen-bond acceptors (Lipinski definition) is 3. The van der Waals surface area contributed by atoms with Gasteiger partial charge in [0.15, 0.2) is 0 Å². The average Bonchev–Trinajstić information content (AvgIpc) is 3.02. The molecule has 1 aromatic heterocycles. The first-order chi connectivity index (χ1) is 11.1. The number of nitrogens with zero attached hydrogens (tertiary/aromatic N) is 3. The van der Waals surface area contributed by atoms with E-state index in [0.717, 1.165) is 18.5 Å². The van der Waals surface area contributed by atoms with Crippen molar-refractivity contribution in [2.45, 2.75) is 19.8 Å². The Labute approximate surface area is 140 Å². The fourth-order valence-corrected chi connectivity index (χ4v) is 2.06. The molecule has 0 radical (unpaired) electrons. The van der Waals surface area contributed by atoms with Gasteiger partial charge >= 0.3 is 0 Å². The number of halogens is 1. The van der Waals surface area contributed by atoms with Crippen molar-refractivity contribution in [3.63, 3.8) is 0 Å². The predicted octanol–water partition coefficient (Wildman–Crippen LogP) is 3.35. The molecule has 0 saturated heterocycles. The molecular weight excluding hydrogens is 312 g/mol. The van der Waals surface area contributed by atoms with Crippen LogP contribution < -0.4 is 5.32 Å². The number of rotatable bonds is 6. The van der Waals surface area contributed by atoms with Crippen LogP contribution in [0.3, 0.4) is 0 Å². The van der Waals surface area contributed by atoms with E-state index in [4.69, 9.17) is 16.9 Å². The fourth-order valence-electron chi connectivity index (χ4n) is 1.94. The summed E-state index contributed by atoms with van der Waals surface area (Å²) in [5.74, 6) is -0.361. The van der Waals surface area contributed by atoms with Crippen LogP contribution in [0.25, 0.3) is 11.8 Å². The van der Waals surface area contributed by atoms with Crippen LogP contribution in [-0.2, 0) is 4.79 Å². The molecule has 1 amide bonds. The van der Waals surface area contributed by atoms with E-state index < -0.39 is 0 Å². The molecule has 0 aliphatic rings. The first-order valence-electron chi connectivity index (χ1n) is 7.34. The summed E-state index contributed by atoms with van der Waals surface area (Å²) in [7, 11) is 0. The van der Waals surface area contributed by atoms with E-state index >= 15 is 0 Å². The summed E-state index contributed by atoms with van der Waals surface area (Å²) in [5.41, 5.74) is 1.60. The van der Waals surface area contributed by atoms with Gasteiger partial charge in [0, 0.05) is 23.3 Å². The summed E-state index contributed by atoms with van der Waals surface area (Å²) in [6.07, 6.45) is 6.75. The molecule has 6 heteroatoms. The molecule has 0 saturated carbocycles. The van der Waals surface area contributed by atoms with E-state index in [1.807, 2.05) is 25.1 Å². The lowest BCUT2D eigenvalue weighted by Gasteiger charge is -2.02. The number of aromatic nitrogens is 2. The standard InChI is InChI=1S/C17H17ClN4O/c1-2-3-8-20-17(23)14(10-19)9-13-11-21-22(12-13)16-6-4-15(18)5-7-16/h4-7,9,11-12H,2-3,8H2,1H3,(H,20,23)/b14-9+. The Bertz CT molecular complexity index is 741.